The van der Waals surface area contributed by atoms with Crippen molar-refractivity contribution in [2.45, 2.75) is 38.1 Å². The Labute approximate surface area is 177 Å². The van der Waals surface area contributed by atoms with E-state index in [2.05, 4.69) is 27.3 Å². The molecule has 156 valence electrons. The smallest absolute Gasteiger partial charge is 0.162 e. The van der Waals surface area contributed by atoms with E-state index >= 15 is 0 Å². The molecular weight excluding hydrogens is 376 g/mol. The SMILES string of the molecule is COc1cc2nc3c(c(NC4CCN(c5cccnc5)CC4)c2cc1OC)CCC3. The molecule has 1 saturated heterocycles. The van der Waals surface area contributed by atoms with Gasteiger partial charge in [-0.05, 0) is 55.9 Å². The first-order valence-corrected chi connectivity index (χ1v) is 10.8. The Morgan fingerprint density at radius 1 is 1.07 bits per heavy atom. The standard InChI is InChI=1S/C24H28N4O2/c1-29-22-13-19-21(14-23(22)30-2)27-20-7-3-6-18(20)24(19)26-16-8-11-28(12-9-16)17-5-4-10-25-15-17/h4-5,10,13-16H,3,6-9,11-12H2,1-2H3,(H,26,27). The lowest BCUT2D eigenvalue weighted by Gasteiger charge is -2.34. The molecule has 2 aromatic heterocycles. The van der Waals surface area contributed by atoms with Gasteiger partial charge in [-0.25, -0.2) is 0 Å². The van der Waals surface area contributed by atoms with Crippen LogP contribution in [0.15, 0.2) is 36.7 Å². The molecule has 2 aliphatic rings. The molecule has 5 rings (SSSR count). The summed E-state index contributed by atoms with van der Waals surface area (Å²) in [6.45, 7) is 2.07. The molecule has 6 heteroatoms. The van der Waals surface area contributed by atoms with Crippen molar-refractivity contribution in [2.75, 3.05) is 37.5 Å². The van der Waals surface area contributed by atoms with Crippen LogP contribution in [0.2, 0.25) is 0 Å². The van der Waals surface area contributed by atoms with Gasteiger partial charge in [-0.3, -0.25) is 9.97 Å². The highest BCUT2D eigenvalue weighted by molar-refractivity contribution is 5.96. The topological polar surface area (TPSA) is 59.5 Å². The largest absolute Gasteiger partial charge is 0.493 e. The average molecular weight is 405 g/mol. The van der Waals surface area contributed by atoms with E-state index in [1.165, 1.54) is 29.1 Å². The number of methoxy groups -OCH3 is 2. The van der Waals surface area contributed by atoms with Crippen LogP contribution in [0.5, 0.6) is 11.5 Å². The summed E-state index contributed by atoms with van der Waals surface area (Å²) >= 11 is 0. The van der Waals surface area contributed by atoms with Crippen LogP contribution < -0.4 is 19.7 Å². The van der Waals surface area contributed by atoms with E-state index in [0.29, 0.717) is 6.04 Å². The summed E-state index contributed by atoms with van der Waals surface area (Å²) in [5.41, 5.74) is 6.04. The van der Waals surface area contributed by atoms with E-state index in [4.69, 9.17) is 14.5 Å². The first-order chi connectivity index (χ1) is 14.8. The zero-order valence-corrected chi connectivity index (χ0v) is 17.6. The molecule has 1 aliphatic heterocycles. The van der Waals surface area contributed by atoms with Gasteiger partial charge >= 0.3 is 0 Å². The molecule has 1 N–H and O–H groups in total. The fraction of sp³-hybridized carbons (Fsp3) is 0.417. The molecule has 1 aromatic carbocycles. The summed E-state index contributed by atoms with van der Waals surface area (Å²) < 4.78 is 11.1. The van der Waals surface area contributed by atoms with Crippen LogP contribution in [-0.4, -0.2) is 43.3 Å². The summed E-state index contributed by atoms with van der Waals surface area (Å²) in [5, 5.41) is 5.03. The number of piperidine rings is 1. The predicted molar refractivity (Wildman–Crippen MR) is 120 cm³/mol. The predicted octanol–water partition coefficient (Wildman–Crippen LogP) is 4.22. The van der Waals surface area contributed by atoms with Gasteiger partial charge in [0.2, 0.25) is 0 Å². The first kappa shape index (κ1) is 19.0. The molecule has 1 aliphatic carbocycles. The third-order valence-corrected chi connectivity index (χ3v) is 6.37. The number of aryl methyl sites for hydroxylation is 1. The van der Waals surface area contributed by atoms with Crippen molar-refractivity contribution in [3.8, 4) is 11.5 Å². The molecule has 30 heavy (non-hydrogen) atoms. The van der Waals surface area contributed by atoms with Crippen LogP contribution in [0.25, 0.3) is 10.9 Å². The molecule has 1 fully saturated rings. The second-order valence-corrected chi connectivity index (χ2v) is 8.11. The van der Waals surface area contributed by atoms with Crippen molar-refractivity contribution < 1.29 is 9.47 Å². The van der Waals surface area contributed by atoms with E-state index in [1.54, 1.807) is 14.2 Å². The van der Waals surface area contributed by atoms with Crippen molar-refractivity contribution in [1.82, 2.24) is 9.97 Å². The number of aromatic nitrogens is 2. The van der Waals surface area contributed by atoms with Gasteiger partial charge in [-0.15, -0.1) is 0 Å². The van der Waals surface area contributed by atoms with Gasteiger partial charge in [0.25, 0.3) is 0 Å². The van der Waals surface area contributed by atoms with Crippen LogP contribution in [0.1, 0.15) is 30.5 Å². The lowest BCUT2D eigenvalue weighted by atomic mass is 10.0. The van der Waals surface area contributed by atoms with Gasteiger partial charge in [0, 0.05) is 48.2 Å². The minimum absolute atomic E-state index is 0.446. The summed E-state index contributed by atoms with van der Waals surface area (Å²) in [7, 11) is 3.36. The molecule has 0 spiro atoms. The lowest BCUT2D eigenvalue weighted by molar-refractivity contribution is 0.356. The normalized spacial score (nSPS) is 16.5. The highest BCUT2D eigenvalue weighted by Gasteiger charge is 2.25. The number of anilines is 2. The summed E-state index contributed by atoms with van der Waals surface area (Å²) in [6.07, 6.45) is 9.28. The van der Waals surface area contributed by atoms with Gasteiger partial charge in [0.1, 0.15) is 0 Å². The molecule has 0 unspecified atom stereocenters. The fourth-order valence-corrected chi connectivity index (χ4v) is 4.78. The van der Waals surface area contributed by atoms with Crippen molar-refractivity contribution in [3.05, 3.63) is 47.9 Å². The number of fused-ring (bicyclic) bond motifs is 2. The monoisotopic (exact) mass is 404 g/mol. The van der Waals surface area contributed by atoms with E-state index < -0.39 is 0 Å². The van der Waals surface area contributed by atoms with Crippen molar-refractivity contribution >= 4 is 22.3 Å². The van der Waals surface area contributed by atoms with E-state index in [-0.39, 0.29) is 0 Å². The number of pyridine rings is 2. The highest BCUT2D eigenvalue weighted by atomic mass is 16.5. The minimum atomic E-state index is 0.446. The van der Waals surface area contributed by atoms with Gasteiger partial charge in [0.05, 0.1) is 31.6 Å². The van der Waals surface area contributed by atoms with E-state index in [1.807, 2.05) is 24.5 Å². The van der Waals surface area contributed by atoms with Crippen LogP contribution >= 0.6 is 0 Å². The molecule has 0 radical (unpaired) electrons. The van der Waals surface area contributed by atoms with Crippen molar-refractivity contribution in [3.63, 3.8) is 0 Å². The Balaban J connectivity index is 1.44. The van der Waals surface area contributed by atoms with Gasteiger partial charge in [-0.2, -0.15) is 0 Å². The Hall–Kier alpha value is -3.02. The number of hydrogen-bond donors (Lipinski definition) is 1. The third kappa shape index (κ3) is 3.40. The maximum atomic E-state index is 5.58. The van der Waals surface area contributed by atoms with Crippen LogP contribution in [0, 0.1) is 0 Å². The average Bonchev–Trinajstić information content (AvgIpc) is 3.27. The highest BCUT2D eigenvalue weighted by Crippen LogP contribution is 2.40. The van der Waals surface area contributed by atoms with Crippen molar-refractivity contribution in [1.29, 1.82) is 0 Å². The Morgan fingerprint density at radius 2 is 1.87 bits per heavy atom. The van der Waals surface area contributed by atoms with E-state index in [0.717, 1.165) is 61.2 Å². The summed E-state index contributed by atoms with van der Waals surface area (Å²) in [4.78, 5) is 11.6. The first-order valence-electron chi connectivity index (χ1n) is 10.8. The number of benzene rings is 1. The van der Waals surface area contributed by atoms with Crippen LogP contribution in [0.4, 0.5) is 11.4 Å². The summed E-state index contributed by atoms with van der Waals surface area (Å²) in [5.74, 6) is 1.48. The minimum Gasteiger partial charge on any atom is -0.493 e. The van der Waals surface area contributed by atoms with Crippen LogP contribution in [-0.2, 0) is 12.8 Å². The quantitative estimate of drug-likeness (QED) is 0.687. The van der Waals surface area contributed by atoms with Gasteiger partial charge in [-0.1, -0.05) is 0 Å². The molecule has 0 saturated carbocycles. The van der Waals surface area contributed by atoms with Gasteiger partial charge in [0.15, 0.2) is 11.5 Å². The summed E-state index contributed by atoms with van der Waals surface area (Å²) in [6, 6.07) is 8.68. The number of rotatable bonds is 5. The molecule has 3 aromatic rings. The maximum Gasteiger partial charge on any atom is 0.162 e. The Bertz CT molecular complexity index is 1050. The number of ether oxygens (including phenoxy) is 2. The number of hydrogen-bond acceptors (Lipinski definition) is 6. The Kier molecular flexibility index (Phi) is 5.07. The van der Waals surface area contributed by atoms with Crippen LogP contribution in [0.3, 0.4) is 0 Å². The number of nitrogens with zero attached hydrogens (tertiary/aromatic N) is 3. The molecule has 0 atom stereocenters. The Morgan fingerprint density at radius 3 is 2.60 bits per heavy atom. The molecule has 3 heterocycles. The molecular formula is C24H28N4O2. The lowest BCUT2D eigenvalue weighted by Crippen LogP contribution is -2.39. The third-order valence-electron chi connectivity index (χ3n) is 6.37. The van der Waals surface area contributed by atoms with Crippen molar-refractivity contribution in [2.24, 2.45) is 0 Å². The fourth-order valence-electron chi connectivity index (χ4n) is 4.78. The zero-order chi connectivity index (χ0) is 20.5. The molecule has 0 bridgehead atoms. The second-order valence-electron chi connectivity index (χ2n) is 8.11. The zero-order valence-electron chi connectivity index (χ0n) is 17.6. The maximum absolute atomic E-state index is 5.58. The van der Waals surface area contributed by atoms with E-state index in [9.17, 15) is 0 Å². The molecule has 6 nitrogen and oxygen atoms in total. The van der Waals surface area contributed by atoms with Gasteiger partial charge < -0.3 is 19.7 Å². The number of nitrogens with one attached hydrogen (secondary N) is 1. The molecule has 0 amide bonds. The second kappa shape index (κ2) is 8.01.